The smallest absolute Gasteiger partial charge is 0.337 e. The average molecular weight is 346 g/mol. The van der Waals surface area contributed by atoms with Crippen molar-refractivity contribution in [3.8, 4) is 0 Å². The van der Waals surface area contributed by atoms with Crippen LogP contribution in [0.3, 0.4) is 0 Å². The molecule has 3 aromatic rings. The minimum atomic E-state index is -1.10. The number of H-pyrrole nitrogens is 1. The first kappa shape index (κ1) is 15.8. The fourth-order valence-corrected chi connectivity index (χ4v) is 4.02. The number of hydrogen-bond donors (Lipinski definition) is 2. The maximum Gasteiger partial charge on any atom is 0.337 e. The standard InChI is InChI=1S/C16H14N2O3S2/c19-13-12-11(15(20)21)9-23-14(12)18-16(17-13)22-8-4-7-10-5-2-1-3-6-10/h1-3,5-6,9H,4,7-8H2,(H,20,21)(H,17,18,19). The zero-order valence-electron chi connectivity index (χ0n) is 12.1. The number of hydrogen-bond acceptors (Lipinski definition) is 5. The van der Waals surface area contributed by atoms with Crippen LogP contribution in [0.2, 0.25) is 0 Å². The lowest BCUT2D eigenvalue weighted by Gasteiger charge is -2.02. The number of aromatic amines is 1. The molecule has 0 aliphatic heterocycles. The quantitative estimate of drug-likeness (QED) is 0.406. The van der Waals surface area contributed by atoms with Gasteiger partial charge in [0.25, 0.3) is 5.56 Å². The molecule has 2 aromatic heterocycles. The molecule has 1 aromatic carbocycles. The number of nitrogens with one attached hydrogen (secondary N) is 1. The Morgan fingerprint density at radius 3 is 2.83 bits per heavy atom. The van der Waals surface area contributed by atoms with E-state index in [-0.39, 0.29) is 16.5 Å². The molecule has 23 heavy (non-hydrogen) atoms. The number of nitrogens with zero attached hydrogens (tertiary/aromatic N) is 1. The summed E-state index contributed by atoms with van der Waals surface area (Å²) in [6.45, 7) is 0. The second-order valence-corrected chi connectivity index (χ2v) is 6.89. The van der Waals surface area contributed by atoms with Gasteiger partial charge >= 0.3 is 5.97 Å². The lowest BCUT2D eigenvalue weighted by molar-refractivity contribution is 0.0699. The molecule has 0 aliphatic carbocycles. The summed E-state index contributed by atoms with van der Waals surface area (Å²) in [5.41, 5.74) is 0.910. The Labute approximate surface area is 140 Å². The minimum absolute atomic E-state index is 0.0133. The molecular formula is C16H14N2O3S2. The number of carboxylic acid groups (broad SMARTS) is 1. The van der Waals surface area contributed by atoms with Crippen LogP contribution in [0.25, 0.3) is 10.2 Å². The predicted molar refractivity (Wildman–Crippen MR) is 92.7 cm³/mol. The number of thiophene rings is 1. The van der Waals surface area contributed by atoms with Gasteiger partial charge in [0.05, 0.1) is 10.9 Å². The summed E-state index contributed by atoms with van der Waals surface area (Å²) < 4.78 is 0. The highest BCUT2D eigenvalue weighted by atomic mass is 32.2. The van der Waals surface area contributed by atoms with Crippen LogP contribution >= 0.6 is 23.1 Å². The van der Waals surface area contributed by atoms with Crippen LogP contribution in [0.4, 0.5) is 0 Å². The van der Waals surface area contributed by atoms with Gasteiger partial charge in [0.1, 0.15) is 4.83 Å². The van der Waals surface area contributed by atoms with Crippen LogP contribution in [0.1, 0.15) is 22.3 Å². The third kappa shape index (κ3) is 3.62. The van der Waals surface area contributed by atoms with Crippen molar-refractivity contribution in [2.75, 3.05) is 5.75 Å². The lowest BCUT2D eigenvalue weighted by atomic mass is 10.1. The second kappa shape index (κ2) is 6.97. The number of aryl methyl sites for hydroxylation is 1. The van der Waals surface area contributed by atoms with E-state index in [1.54, 1.807) is 0 Å². The van der Waals surface area contributed by atoms with Crippen LogP contribution in [0.15, 0.2) is 45.7 Å². The molecule has 0 bridgehead atoms. The van der Waals surface area contributed by atoms with E-state index in [1.165, 1.54) is 34.0 Å². The van der Waals surface area contributed by atoms with Gasteiger partial charge in [-0.25, -0.2) is 9.78 Å². The van der Waals surface area contributed by atoms with Crippen molar-refractivity contribution in [2.24, 2.45) is 0 Å². The zero-order valence-corrected chi connectivity index (χ0v) is 13.7. The monoisotopic (exact) mass is 346 g/mol. The van der Waals surface area contributed by atoms with E-state index < -0.39 is 5.97 Å². The molecule has 0 radical (unpaired) electrons. The molecule has 2 heterocycles. The van der Waals surface area contributed by atoms with Gasteiger partial charge in [0.15, 0.2) is 5.16 Å². The van der Waals surface area contributed by atoms with Gasteiger partial charge in [0.2, 0.25) is 0 Å². The van der Waals surface area contributed by atoms with Crippen LogP contribution in [-0.4, -0.2) is 26.8 Å². The third-order valence-corrected chi connectivity index (χ3v) is 5.18. The van der Waals surface area contributed by atoms with E-state index in [2.05, 4.69) is 22.1 Å². The Balaban J connectivity index is 1.67. The molecular weight excluding hydrogens is 332 g/mol. The SMILES string of the molecule is O=C(O)c1csc2nc(SCCCc3ccccc3)[nH]c(=O)c12. The van der Waals surface area contributed by atoms with Crippen molar-refractivity contribution in [3.05, 3.63) is 57.2 Å². The number of aromatic nitrogens is 2. The Morgan fingerprint density at radius 2 is 2.09 bits per heavy atom. The molecule has 0 amide bonds. The maximum atomic E-state index is 12.1. The fraction of sp³-hybridized carbons (Fsp3) is 0.188. The first-order valence-corrected chi connectivity index (χ1v) is 8.93. The number of carbonyl (C=O) groups is 1. The van der Waals surface area contributed by atoms with Gasteiger partial charge in [0, 0.05) is 11.1 Å². The van der Waals surface area contributed by atoms with Crippen molar-refractivity contribution < 1.29 is 9.90 Å². The molecule has 0 fully saturated rings. The number of aromatic carboxylic acids is 1. The third-order valence-electron chi connectivity index (χ3n) is 3.34. The number of rotatable bonds is 6. The molecule has 2 N–H and O–H groups in total. The highest BCUT2D eigenvalue weighted by Crippen LogP contribution is 2.23. The number of fused-ring (bicyclic) bond motifs is 1. The maximum absolute atomic E-state index is 12.1. The van der Waals surface area contributed by atoms with Crippen molar-refractivity contribution >= 4 is 39.3 Å². The summed E-state index contributed by atoms with van der Waals surface area (Å²) in [5, 5.41) is 11.2. The van der Waals surface area contributed by atoms with Crippen LogP contribution in [-0.2, 0) is 6.42 Å². The molecule has 5 nitrogen and oxygen atoms in total. The van der Waals surface area contributed by atoms with Gasteiger partial charge in [-0.05, 0) is 18.4 Å². The van der Waals surface area contributed by atoms with E-state index in [9.17, 15) is 9.59 Å². The van der Waals surface area contributed by atoms with E-state index in [0.29, 0.717) is 9.99 Å². The Morgan fingerprint density at radius 1 is 1.30 bits per heavy atom. The highest BCUT2D eigenvalue weighted by Gasteiger charge is 2.16. The van der Waals surface area contributed by atoms with Crippen molar-refractivity contribution in [1.82, 2.24) is 9.97 Å². The molecule has 0 atom stereocenters. The summed E-state index contributed by atoms with van der Waals surface area (Å²) in [6, 6.07) is 10.2. The molecule has 0 spiro atoms. The van der Waals surface area contributed by atoms with Crippen LogP contribution < -0.4 is 5.56 Å². The summed E-state index contributed by atoms with van der Waals surface area (Å²) >= 11 is 2.66. The predicted octanol–water partition coefficient (Wildman–Crippen LogP) is 3.41. The summed E-state index contributed by atoms with van der Waals surface area (Å²) in [7, 11) is 0. The van der Waals surface area contributed by atoms with E-state index in [4.69, 9.17) is 5.11 Å². The number of carboxylic acids is 1. The minimum Gasteiger partial charge on any atom is -0.478 e. The Kier molecular flexibility index (Phi) is 4.78. The average Bonchev–Trinajstić information content (AvgIpc) is 2.97. The first-order chi connectivity index (χ1) is 11.1. The van der Waals surface area contributed by atoms with Gasteiger partial charge < -0.3 is 10.1 Å². The Hall–Kier alpha value is -2.12. The van der Waals surface area contributed by atoms with Crippen LogP contribution in [0, 0.1) is 0 Å². The summed E-state index contributed by atoms with van der Waals surface area (Å²) in [5.74, 6) is -0.271. The second-order valence-electron chi connectivity index (χ2n) is 4.94. The molecule has 7 heteroatoms. The lowest BCUT2D eigenvalue weighted by Crippen LogP contribution is -2.11. The van der Waals surface area contributed by atoms with Gasteiger partial charge in [-0.2, -0.15) is 0 Å². The first-order valence-electron chi connectivity index (χ1n) is 7.06. The highest BCUT2D eigenvalue weighted by molar-refractivity contribution is 7.99. The van der Waals surface area contributed by atoms with Crippen LogP contribution in [0.5, 0.6) is 0 Å². The molecule has 0 unspecified atom stereocenters. The van der Waals surface area contributed by atoms with Gasteiger partial charge in [-0.15, -0.1) is 11.3 Å². The Bertz CT molecular complexity index is 887. The van der Waals surface area contributed by atoms with Crippen molar-refractivity contribution in [3.63, 3.8) is 0 Å². The molecule has 118 valence electrons. The van der Waals surface area contributed by atoms with Crippen molar-refractivity contribution in [1.29, 1.82) is 0 Å². The molecule has 3 rings (SSSR count). The summed E-state index contributed by atoms with van der Waals surface area (Å²) in [6.07, 6.45) is 1.95. The molecule has 0 saturated carbocycles. The molecule has 0 saturated heterocycles. The van der Waals surface area contributed by atoms with Crippen molar-refractivity contribution in [2.45, 2.75) is 18.0 Å². The zero-order chi connectivity index (χ0) is 16.2. The number of thioether (sulfide) groups is 1. The largest absolute Gasteiger partial charge is 0.478 e. The topological polar surface area (TPSA) is 83.0 Å². The van der Waals surface area contributed by atoms with E-state index >= 15 is 0 Å². The van der Waals surface area contributed by atoms with E-state index in [0.717, 1.165) is 18.6 Å². The van der Waals surface area contributed by atoms with E-state index in [1.807, 2.05) is 18.2 Å². The fourth-order valence-electron chi connectivity index (χ4n) is 2.24. The summed E-state index contributed by atoms with van der Waals surface area (Å²) in [4.78, 5) is 30.6. The number of benzene rings is 1. The van der Waals surface area contributed by atoms with Gasteiger partial charge in [-0.1, -0.05) is 42.1 Å². The normalized spacial score (nSPS) is 11.0. The molecule has 0 aliphatic rings. The van der Waals surface area contributed by atoms with Gasteiger partial charge in [-0.3, -0.25) is 4.79 Å².